The fourth-order valence-corrected chi connectivity index (χ4v) is 1.89. The third kappa shape index (κ3) is 4.64. The first-order valence-electron chi connectivity index (χ1n) is 7.23. The SMILES string of the molecule is CCOC(=O)C=C(C)c1ccc(Oc2ccc([N+](=O)[O-])cn2)cc1. The maximum atomic E-state index is 11.4. The molecule has 0 atom stereocenters. The highest BCUT2D eigenvalue weighted by molar-refractivity contribution is 5.90. The quantitative estimate of drug-likeness (QED) is 0.347. The van der Waals surface area contributed by atoms with Crippen molar-refractivity contribution in [2.45, 2.75) is 13.8 Å². The van der Waals surface area contributed by atoms with Crippen molar-refractivity contribution in [1.29, 1.82) is 0 Å². The van der Waals surface area contributed by atoms with Crippen LogP contribution in [-0.4, -0.2) is 22.5 Å². The predicted octanol–water partition coefficient (Wildman–Crippen LogP) is 3.75. The Bertz CT molecular complexity index is 752. The fraction of sp³-hybridized carbons (Fsp3) is 0.176. The monoisotopic (exact) mass is 328 g/mol. The average Bonchev–Trinajstić information content (AvgIpc) is 2.56. The molecule has 0 amide bonds. The molecule has 24 heavy (non-hydrogen) atoms. The molecule has 2 aromatic rings. The van der Waals surface area contributed by atoms with Crippen LogP contribution in [0.4, 0.5) is 5.69 Å². The van der Waals surface area contributed by atoms with Crippen LogP contribution in [0.5, 0.6) is 11.6 Å². The number of benzene rings is 1. The molecule has 0 aliphatic rings. The Labute approximate surface area is 138 Å². The highest BCUT2D eigenvalue weighted by Gasteiger charge is 2.07. The number of allylic oxidation sites excluding steroid dienone is 1. The zero-order valence-electron chi connectivity index (χ0n) is 13.3. The molecule has 0 bridgehead atoms. The molecule has 7 heteroatoms. The highest BCUT2D eigenvalue weighted by Crippen LogP contribution is 2.23. The van der Waals surface area contributed by atoms with Crippen LogP contribution in [0.25, 0.3) is 5.57 Å². The van der Waals surface area contributed by atoms with Crippen molar-refractivity contribution in [1.82, 2.24) is 4.98 Å². The Kier molecular flexibility index (Phi) is 5.62. The van der Waals surface area contributed by atoms with E-state index in [4.69, 9.17) is 9.47 Å². The van der Waals surface area contributed by atoms with Gasteiger partial charge in [0.25, 0.3) is 5.69 Å². The fourth-order valence-electron chi connectivity index (χ4n) is 1.89. The second-order valence-corrected chi connectivity index (χ2v) is 4.82. The number of pyridine rings is 1. The van der Waals surface area contributed by atoms with Crippen LogP contribution in [0, 0.1) is 10.1 Å². The molecule has 0 spiro atoms. The summed E-state index contributed by atoms with van der Waals surface area (Å²) in [7, 11) is 0. The molecular formula is C17H16N2O5. The molecule has 124 valence electrons. The average molecular weight is 328 g/mol. The molecule has 0 aliphatic carbocycles. The van der Waals surface area contributed by atoms with Crippen molar-refractivity contribution in [2.75, 3.05) is 6.61 Å². The number of carbonyl (C=O) groups excluding carboxylic acids is 1. The van der Waals surface area contributed by atoms with E-state index < -0.39 is 4.92 Å². The van der Waals surface area contributed by atoms with E-state index in [2.05, 4.69) is 4.98 Å². The van der Waals surface area contributed by atoms with Gasteiger partial charge < -0.3 is 9.47 Å². The molecule has 1 aromatic carbocycles. The molecule has 0 radical (unpaired) electrons. The topological polar surface area (TPSA) is 91.6 Å². The van der Waals surface area contributed by atoms with E-state index >= 15 is 0 Å². The Hall–Kier alpha value is -3.22. The molecule has 0 unspecified atom stereocenters. The molecule has 0 saturated heterocycles. The third-order valence-corrected chi connectivity index (χ3v) is 3.08. The summed E-state index contributed by atoms with van der Waals surface area (Å²) in [6.45, 7) is 3.89. The van der Waals surface area contributed by atoms with E-state index in [1.165, 1.54) is 18.2 Å². The molecule has 0 N–H and O–H groups in total. The predicted molar refractivity (Wildman–Crippen MR) is 87.7 cm³/mol. The molecule has 2 rings (SSSR count). The van der Waals surface area contributed by atoms with Crippen LogP contribution < -0.4 is 4.74 Å². The maximum absolute atomic E-state index is 11.4. The second-order valence-electron chi connectivity index (χ2n) is 4.82. The molecule has 0 fully saturated rings. The number of nitrogens with zero attached hydrogens (tertiary/aromatic N) is 2. The van der Waals surface area contributed by atoms with Gasteiger partial charge in [-0.25, -0.2) is 9.78 Å². The van der Waals surface area contributed by atoms with Gasteiger partial charge in [-0.2, -0.15) is 0 Å². The molecule has 1 aromatic heterocycles. The largest absolute Gasteiger partial charge is 0.463 e. The number of carbonyl (C=O) groups is 1. The van der Waals surface area contributed by atoms with Crippen LogP contribution >= 0.6 is 0 Å². The Morgan fingerprint density at radius 2 is 1.96 bits per heavy atom. The van der Waals surface area contributed by atoms with Crippen molar-refractivity contribution in [3.63, 3.8) is 0 Å². The lowest BCUT2D eigenvalue weighted by atomic mass is 10.1. The van der Waals surface area contributed by atoms with Crippen LogP contribution in [0.3, 0.4) is 0 Å². The minimum absolute atomic E-state index is 0.0996. The number of hydrogen-bond donors (Lipinski definition) is 0. The zero-order valence-corrected chi connectivity index (χ0v) is 13.3. The molecule has 0 aliphatic heterocycles. The minimum atomic E-state index is -0.524. The molecule has 7 nitrogen and oxygen atoms in total. The van der Waals surface area contributed by atoms with Crippen LogP contribution in [0.15, 0.2) is 48.7 Å². The first-order chi connectivity index (χ1) is 11.5. The smallest absolute Gasteiger partial charge is 0.331 e. The lowest BCUT2D eigenvalue weighted by molar-refractivity contribution is -0.385. The van der Waals surface area contributed by atoms with Gasteiger partial charge in [-0.15, -0.1) is 0 Å². The van der Waals surface area contributed by atoms with Gasteiger partial charge >= 0.3 is 5.97 Å². The van der Waals surface area contributed by atoms with Gasteiger partial charge in [0, 0.05) is 18.2 Å². The van der Waals surface area contributed by atoms with Gasteiger partial charge in [-0.1, -0.05) is 12.1 Å². The van der Waals surface area contributed by atoms with Gasteiger partial charge in [0.2, 0.25) is 5.88 Å². The maximum Gasteiger partial charge on any atom is 0.331 e. The van der Waals surface area contributed by atoms with Gasteiger partial charge in [0.1, 0.15) is 11.9 Å². The number of hydrogen-bond acceptors (Lipinski definition) is 6. The molecule has 0 saturated carbocycles. The standard InChI is InChI=1S/C17H16N2O5/c1-3-23-17(20)10-12(2)13-4-7-15(8-5-13)24-16-9-6-14(11-18-16)19(21)22/h4-11H,3H2,1-2H3. The lowest BCUT2D eigenvalue weighted by Crippen LogP contribution is -2.00. The number of ether oxygens (including phenoxy) is 2. The summed E-state index contributed by atoms with van der Waals surface area (Å²) in [6.07, 6.45) is 2.56. The summed E-state index contributed by atoms with van der Waals surface area (Å²) in [5.74, 6) is 0.404. The van der Waals surface area contributed by atoms with E-state index in [1.807, 2.05) is 6.92 Å². The van der Waals surface area contributed by atoms with Gasteiger partial charge in [-0.05, 0) is 37.1 Å². The van der Waals surface area contributed by atoms with Crippen molar-refractivity contribution in [3.8, 4) is 11.6 Å². The Morgan fingerprint density at radius 1 is 1.25 bits per heavy atom. The number of nitro groups is 1. The van der Waals surface area contributed by atoms with E-state index in [-0.39, 0.29) is 17.5 Å². The van der Waals surface area contributed by atoms with Gasteiger partial charge in [-0.3, -0.25) is 10.1 Å². The van der Waals surface area contributed by atoms with Crippen LogP contribution in [0.1, 0.15) is 19.4 Å². The summed E-state index contributed by atoms with van der Waals surface area (Å²) in [6, 6.07) is 9.79. The van der Waals surface area contributed by atoms with Gasteiger partial charge in [0.05, 0.1) is 11.5 Å². The summed E-state index contributed by atoms with van der Waals surface area (Å²) in [5.41, 5.74) is 1.53. The van der Waals surface area contributed by atoms with Crippen molar-refractivity contribution >= 4 is 17.2 Å². The van der Waals surface area contributed by atoms with E-state index in [0.717, 1.165) is 17.3 Å². The summed E-state index contributed by atoms with van der Waals surface area (Å²) < 4.78 is 10.4. The summed E-state index contributed by atoms with van der Waals surface area (Å²) >= 11 is 0. The number of rotatable bonds is 6. The van der Waals surface area contributed by atoms with Crippen molar-refractivity contribution < 1.29 is 19.2 Å². The highest BCUT2D eigenvalue weighted by atomic mass is 16.6. The van der Waals surface area contributed by atoms with Crippen LogP contribution in [0.2, 0.25) is 0 Å². The van der Waals surface area contributed by atoms with Gasteiger partial charge in [0.15, 0.2) is 0 Å². The summed E-state index contributed by atoms with van der Waals surface area (Å²) in [5, 5.41) is 10.6. The van der Waals surface area contributed by atoms with E-state index in [9.17, 15) is 14.9 Å². The van der Waals surface area contributed by atoms with Crippen LogP contribution in [-0.2, 0) is 9.53 Å². The third-order valence-electron chi connectivity index (χ3n) is 3.08. The molecular weight excluding hydrogens is 312 g/mol. The normalized spacial score (nSPS) is 11.0. The summed E-state index contributed by atoms with van der Waals surface area (Å²) in [4.78, 5) is 25.4. The number of aromatic nitrogens is 1. The first-order valence-corrected chi connectivity index (χ1v) is 7.23. The lowest BCUT2D eigenvalue weighted by Gasteiger charge is -2.06. The zero-order chi connectivity index (χ0) is 17.5. The number of esters is 1. The van der Waals surface area contributed by atoms with E-state index in [1.54, 1.807) is 31.2 Å². The molecule has 1 heterocycles. The Morgan fingerprint density at radius 3 is 2.50 bits per heavy atom. The Balaban J connectivity index is 2.06. The first kappa shape index (κ1) is 17.1. The minimum Gasteiger partial charge on any atom is -0.463 e. The second kappa shape index (κ2) is 7.87. The van der Waals surface area contributed by atoms with E-state index in [0.29, 0.717) is 12.4 Å². The van der Waals surface area contributed by atoms with Crippen molar-refractivity contribution in [3.05, 3.63) is 64.3 Å². The van der Waals surface area contributed by atoms with Crippen molar-refractivity contribution in [2.24, 2.45) is 0 Å².